The Bertz CT molecular complexity index is 1220. The minimum absolute atomic E-state index is 0.159. The lowest BCUT2D eigenvalue weighted by molar-refractivity contribution is 0.0960. The average Bonchev–Trinajstić information content (AvgIpc) is 3.43. The molecule has 0 aliphatic rings. The number of benzene rings is 2. The number of methoxy groups -OCH3 is 1. The zero-order chi connectivity index (χ0) is 21.8. The second-order valence-corrected chi connectivity index (χ2v) is 7.58. The minimum atomic E-state index is -0.159. The van der Waals surface area contributed by atoms with Crippen LogP contribution in [0.25, 0.3) is 11.0 Å². The van der Waals surface area contributed by atoms with Gasteiger partial charge in [0.1, 0.15) is 11.1 Å². The number of carbonyl (C=O) groups is 1. The molecule has 10 heteroatoms. The SMILES string of the molecule is CNC(=O)c1ccccc1SNc1noc2cc(Cn3cc(CN)cn3)cc(OC)c12. The van der Waals surface area contributed by atoms with Gasteiger partial charge in [-0.15, -0.1) is 0 Å². The molecule has 0 spiro atoms. The van der Waals surface area contributed by atoms with Crippen LogP contribution in [0.1, 0.15) is 21.5 Å². The van der Waals surface area contributed by atoms with E-state index in [1.807, 2.05) is 41.2 Å². The lowest BCUT2D eigenvalue weighted by Gasteiger charge is -2.09. The molecule has 1 amide bonds. The van der Waals surface area contributed by atoms with Crippen molar-refractivity contribution >= 4 is 34.6 Å². The van der Waals surface area contributed by atoms with Crippen LogP contribution in [0.2, 0.25) is 0 Å². The highest BCUT2D eigenvalue weighted by atomic mass is 32.2. The molecule has 0 bridgehead atoms. The zero-order valence-corrected chi connectivity index (χ0v) is 17.9. The summed E-state index contributed by atoms with van der Waals surface area (Å²) in [6.07, 6.45) is 3.66. The lowest BCUT2D eigenvalue weighted by atomic mass is 10.1. The third-order valence-electron chi connectivity index (χ3n) is 4.70. The van der Waals surface area contributed by atoms with Gasteiger partial charge in [-0.2, -0.15) is 5.10 Å². The highest BCUT2D eigenvalue weighted by Gasteiger charge is 2.17. The predicted octanol–water partition coefficient (Wildman–Crippen LogP) is 3.02. The maximum atomic E-state index is 12.1. The molecule has 0 saturated heterocycles. The molecule has 0 unspecified atom stereocenters. The summed E-state index contributed by atoms with van der Waals surface area (Å²) >= 11 is 1.28. The Hall–Kier alpha value is -3.50. The van der Waals surface area contributed by atoms with Crippen LogP contribution in [-0.4, -0.2) is 35.0 Å². The van der Waals surface area contributed by atoms with Gasteiger partial charge in [0.15, 0.2) is 11.4 Å². The van der Waals surface area contributed by atoms with Crippen molar-refractivity contribution in [3.63, 3.8) is 0 Å². The second kappa shape index (κ2) is 9.11. The molecule has 0 aliphatic carbocycles. The molecule has 2 aromatic heterocycles. The van der Waals surface area contributed by atoms with E-state index in [4.69, 9.17) is 15.0 Å². The largest absolute Gasteiger partial charge is 0.496 e. The highest BCUT2D eigenvalue weighted by Crippen LogP contribution is 2.36. The van der Waals surface area contributed by atoms with Crippen LogP contribution in [-0.2, 0) is 13.1 Å². The molecule has 9 nitrogen and oxygen atoms in total. The summed E-state index contributed by atoms with van der Waals surface area (Å²) in [4.78, 5) is 12.9. The number of hydrogen-bond donors (Lipinski definition) is 3. The van der Waals surface area contributed by atoms with Gasteiger partial charge >= 0.3 is 0 Å². The predicted molar refractivity (Wildman–Crippen MR) is 119 cm³/mol. The first-order valence-corrected chi connectivity index (χ1v) is 10.4. The molecule has 4 rings (SSSR count). The number of rotatable bonds is 8. The third-order valence-corrected chi connectivity index (χ3v) is 5.57. The number of fused-ring (bicyclic) bond motifs is 1. The second-order valence-electron chi connectivity index (χ2n) is 6.73. The fourth-order valence-corrected chi connectivity index (χ4v) is 3.94. The monoisotopic (exact) mass is 438 g/mol. The van der Waals surface area contributed by atoms with E-state index in [1.54, 1.807) is 26.4 Å². The smallest absolute Gasteiger partial charge is 0.252 e. The maximum Gasteiger partial charge on any atom is 0.252 e. The van der Waals surface area contributed by atoms with Gasteiger partial charge in [-0.05, 0) is 41.8 Å². The minimum Gasteiger partial charge on any atom is -0.496 e. The molecule has 4 N–H and O–H groups in total. The van der Waals surface area contributed by atoms with Gasteiger partial charge in [0, 0.05) is 30.2 Å². The third kappa shape index (κ3) is 4.35. The van der Waals surface area contributed by atoms with Crippen LogP contribution < -0.4 is 20.5 Å². The number of anilines is 1. The number of nitrogens with two attached hydrogens (primary N) is 1. The summed E-state index contributed by atoms with van der Waals surface area (Å²) in [6.45, 7) is 0.990. The number of amides is 1. The van der Waals surface area contributed by atoms with Crippen LogP contribution >= 0.6 is 11.9 Å². The van der Waals surface area contributed by atoms with E-state index in [0.29, 0.717) is 35.8 Å². The van der Waals surface area contributed by atoms with Gasteiger partial charge in [0.05, 0.1) is 25.4 Å². The van der Waals surface area contributed by atoms with E-state index in [0.717, 1.165) is 21.4 Å². The zero-order valence-electron chi connectivity index (χ0n) is 17.1. The van der Waals surface area contributed by atoms with Gasteiger partial charge in [-0.3, -0.25) is 9.48 Å². The summed E-state index contributed by atoms with van der Waals surface area (Å²) in [5, 5.41) is 11.8. The van der Waals surface area contributed by atoms with Crippen molar-refractivity contribution in [1.82, 2.24) is 20.3 Å². The molecular formula is C21H22N6O3S. The first kappa shape index (κ1) is 20.8. The fraction of sp³-hybridized carbons (Fsp3) is 0.190. The van der Waals surface area contributed by atoms with Gasteiger partial charge < -0.3 is 25.0 Å². The molecule has 160 valence electrons. The summed E-state index contributed by atoms with van der Waals surface area (Å²) in [5.41, 5.74) is 8.73. The Labute approximate surface area is 183 Å². The van der Waals surface area contributed by atoms with E-state index in [9.17, 15) is 4.79 Å². The number of aromatic nitrogens is 3. The van der Waals surface area contributed by atoms with Crippen molar-refractivity contribution < 1.29 is 14.1 Å². The number of nitrogens with one attached hydrogen (secondary N) is 2. The van der Waals surface area contributed by atoms with Crippen molar-refractivity contribution in [2.45, 2.75) is 18.0 Å². The topological polar surface area (TPSA) is 120 Å². The summed E-state index contributed by atoms with van der Waals surface area (Å²) in [7, 11) is 3.20. The maximum absolute atomic E-state index is 12.1. The Morgan fingerprint density at radius 3 is 2.87 bits per heavy atom. The molecular weight excluding hydrogens is 416 g/mol. The van der Waals surface area contributed by atoms with Gasteiger partial charge in [-0.25, -0.2) is 0 Å². The first-order valence-electron chi connectivity index (χ1n) is 9.54. The summed E-state index contributed by atoms with van der Waals surface area (Å²) in [5.74, 6) is 0.982. The van der Waals surface area contributed by atoms with Gasteiger partial charge in [0.25, 0.3) is 5.91 Å². The number of nitrogens with zero attached hydrogens (tertiary/aromatic N) is 3. The molecule has 4 aromatic rings. The van der Waals surface area contributed by atoms with Crippen molar-refractivity contribution in [3.8, 4) is 5.75 Å². The van der Waals surface area contributed by atoms with E-state index >= 15 is 0 Å². The normalized spacial score (nSPS) is 10.9. The van der Waals surface area contributed by atoms with Crippen LogP contribution in [0.3, 0.4) is 0 Å². The average molecular weight is 439 g/mol. The molecule has 2 aromatic carbocycles. The number of carbonyl (C=O) groups excluding carboxylic acids is 1. The van der Waals surface area contributed by atoms with Gasteiger partial charge in [-0.1, -0.05) is 17.3 Å². The number of ether oxygens (including phenoxy) is 1. The summed E-state index contributed by atoms with van der Waals surface area (Å²) < 4.78 is 16.1. The van der Waals surface area contributed by atoms with E-state index < -0.39 is 0 Å². The van der Waals surface area contributed by atoms with Crippen LogP contribution in [0.5, 0.6) is 5.75 Å². The Morgan fingerprint density at radius 2 is 2.13 bits per heavy atom. The van der Waals surface area contributed by atoms with Crippen LogP contribution in [0.15, 0.2) is 58.2 Å². The molecule has 0 atom stereocenters. The van der Waals surface area contributed by atoms with E-state index in [-0.39, 0.29) is 5.91 Å². The van der Waals surface area contributed by atoms with Crippen molar-refractivity contribution in [3.05, 3.63) is 65.5 Å². The first-order chi connectivity index (χ1) is 15.1. The standard InChI is InChI=1S/C21H22N6O3S/c1-23-21(28)15-5-3-4-6-18(15)31-26-20-19-16(29-2)7-13(8-17(19)30-25-20)11-27-12-14(9-22)10-24-27/h3-8,10,12H,9,11,22H2,1-2H3,(H,23,28)(H,25,26). The molecule has 0 fully saturated rings. The highest BCUT2D eigenvalue weighted by molar-refractivity contribution is 8.00. The summed E-state index contributed by atoms with van der Waals surface area (Å²) in [6, 6.07) is 11.2. The van der Waals surface area contributed by atoms with Crippen molar-refractivity contribution in [2.75, 3.05) is 18.9 Å². The van der Waals surface area contributed by atoms with Crippen molar-refractivity contribution in [2.24, 2.45) is 5.73 Å². The van der Waals surface area contributed by atoms with Crippen LogP contribution in [0, 0.1) is 0 Å². The quantitative estimate of drug-likeness (QED) is 0.359. The Kier molecular flexibility index (Phi) is 6.10. The Balaban J connectivity index is 1.59. The molecule has 31 heavy (non-hydrogen) atoms. The molecule has 0 aliphatic heterocycles. The fourth-order valence-electron chi connectivity index (χ4n) is 3.18. The van der Waals surface area contributed by atoms with Gasteiger partial charge in [0.2, 0.25) is 0 Å². The number of hydrogen-bond acceptors (Lipinski definition) is 8. The van der Waals surface area contributed by atoms with E-state index in [2.05, 4.69) is 20.3 Å². The molecule has 2 heterocycles. The van der Waals surface area contributed by atoms with E-state index in [1.165, 1.54) is 11.9 Å². The molecule has 0 radical (unpaired) electrons. The Morgan fingerprint density at radius 1 is 1.29 bits per heavy atom. The lowest BCUT2D eigenvalue weighted by Crippen LogP contribution is -2.18. The van der Waals surface area contributed by atoms with Crippen molar-refractivity contribution in [1.29, 1.82) is 0 Å². The van der Waals surface area contributed by atoms with Crippen LogP contribution in [0.4, 0.5) is 5.82 Å². The molecule has 0 saturated carbocycles.